The van der Waals surface area contributed by atoms with E-state index >= 15 is 0 Å². The predicted octanol–water partition coefficient (Wildman–Crippen LogP) is 3.54. The molecule has 0 fully saturated rings. The van der Waals surface area contributed by atoms with Crippen molar-refractivity contribution in [1.82, 2.24) is 19.6 Å². The number of amides is 4. The number of hydrogen-bond donors (Lipinski definition) is 1. The average Bonchev–Trinajstić information content (AvgIpc) is 2.96. The van der Waals surface area contributed by atoms with Gasteiger partial charge in [0.1, 0.15) is 23.8 Å². The summed E-state index contributed by atoms with van der Waals surface area (Å²) in [7, 11) is 0. The van der Waals surface area contributed by atoms with Crippen molar-refractivity contribution < 1.29 is 19.0 Å². The molecule has 1 aliphatic carbocycles. The smallest absolute Gasteiger partial charge is 0.356 e. The predicted molar refractivity (Wildman–Crippen MR) is 151 cm³/mol. The van der Waals surface area contributed by atoms with Crippen LogP contribution in [0.3, 0.4) is 0 Å². The average molecular weight is 559 g/mol. The molecule has 5 rings (SSSR count). The molecule has 0 saturated heterocycles. The van der Waals surface area contributed by atoms with Gasteiger partial charge in [0, 0.05) is 30.3 Å². The van der Waals surface area contributed by atoms with Gasteiger partial charge in [-0.2, -0.15) is 14.3 Å². The Labute approximate surface area is 236 Å². The number of carbonyl (C=O) groups is 3. The third kappa shape index (κ3) is 6.10. The number of urea groups is 1. The second-order valence-corrected chi connectivity index (χ2v) is 10.1. The van der Waals surface area contributed by atoms with E-state index in [1.54, 1.807) is 48.7 Å². The summed E-state index contributed by atoms with van der Waals surface area (Å²) >= 11 is 5.90. The molecule has 204 valence electrons. The van der Waals surface area contributed by atoms with Gasteiger partial charge in [-0.15, -0.1) is 0 Å². The van der Waals surface area contributed by atoms with Gasteiger partial charge in [0.05, 0.1) is 12.2 Å². The van der Waals surface area contributed by atoms with Crippen LogP contribution in [0.15, 0.2) is 83.8 Å². The van der Waals surface area contributed by atoms with Crippen molar-refractivity contribution in [3.05, 3.63) is 106 Å². The maximum Gasteiger partial charge on any atom is 0.501 e. The molecule has 9 nitrogen and oxygen atoms in total. The van der Waals surface area contributed by atoms with Crippen molar-refractivity contribution in [3.63, 3.8) is 0 Å². The lowest BCUT2D eigenvalue weighted by Gasteiger charge is -2.26. The number of hydrogen-bond acceptors (Lipinski definition) is 5. The van der Waals surface area contributed by atoms with Gasteiger partial charge in [-0.25, -0.2) is 9.78 Å². The van der Waals surface area contributed by atoms with E-state index in [1.807, 2.05) is 24.3 Å². The molecule has 0 spiro atoms. The van der Waals surface area contributed by atoms with E-state index in [0.717, 1.165) is 5.56 Å². The standard InChI is InChI=1S/C30H28ClN5O4/c31-22-13-11-21(12-14-22)15-16-32-27(37)10-4-6-18-35-29(39)24-7-1-2-8-25(24)36(30(35)40)20-23-19-28(38)34-17-5-3-9-26(34)33-23/h1-3,5,7-9,11-14,17,19,24H,4,6,10,15-16,18,20H2/p+1. The number of imide groups is 1. The molecule has 3 heterocycles. The largest absolute Gasteiger partial charge is 0.501 e. The number of halogens is 1. The first kappa shape index (κ1) is 27.2. The maximum absolute atomic E-state index is 13.5. The van der Waals surface area contributed by atoms with Crippen LogP contribution in [0.25, 0.3) is 5.65 Å². The molecule has 4 amide bonds. The van der Waals surface area contributed by atoms with Crippen molar-refractivity contribution in [2.45, 2.75) is 32.2 Å². The van der Waals surface area contributed by atoms with E-state index < -0.39 is 11.9 Å². The Morgan fingerprint density at radius 3 is 2.70 bits per heavy atom. The van der Waals surface area contributed by atoms with Gasteiger partial charge in [0.25, 0.3) is 5.56 Å². The highest BCUT2D eigenvalue weighted by molar-refractivity contribution is 6.30. The fourth-order valence-electron chi connectivity index (χ4n) is 4.87. The molecule has 1 N–H and O–H groups in total. The number of nitrogens with zero attached hydrogens (tertiary/aromatic N) is 4. The Morgan fingerprint density at radius 1 is 1.05 bits per heavy atom. The summed E-state index contributed by atoms with van der Waals surface area (Å²) in [6.45, 7) is 0.774. The van der Waals surface area contributed by atoms with E-state index in [9.17, 15) is 19.2 Å². The molecule has 40 heavy (non-hydrogen) atoms. The number of carbonyl (C=O) groups excluding carboxylic acids is 3. The summed E-state index contributed by atoms with van der Waals surface area (Å²) in [5.74, 6) is -0.965. The summed E-state index contributed by atoms with van der Waals surface area (Å²) in [6.07, 6.45) is 10.8. The molecule has 1 aromatic carbocycles. The molecule has 1 unspecified atom stereocenters. The highest BCUT2D eigenvalue weighted by atomic mass is 35.5. The topological polar surface area (TPSA) is 104 Å². The van der Waals surface area contributed by atoms with Gasteiger partial charge in [0.2, 0.25) is 5.91 Å². The molecule has 0 bridgehead atoms. The summed E-state index contributed by atoms with van der Waals surface area (Å²) < 4.78 is 2.95. The number of pyridine rings is 1. The minimum atomic E-state index is -0.597. The van der Waals surface area contributed by atoms with Crippen molar-refractivity contribution in [1.29, 1.82) is 0 Å². The molecule has 1 atom stereocenters. The number of benzene rings is 1. The first-order valence-corrected chi connectivity index (χ1v) is 13.6. The Hall–Kier alpha value is -4.37. The molecule has 2 aromatic heterocycles. The molecule has 0 saturated carbocycles. The van der Waals surface area contributed by atoms with Gasteiger partial charge in [-0.3, -0.25) is 14.0 Å². The van der Waals surface area contributed by atoms with Crippen molar-refractivity contribution in [2.75, 3.05) is 13.1 Å². The van der Waals surface area contributed by atoms with Crippen LogP contribution in [0, 0.1) is 5.92 Å². The van der Waals surface area contributed by atoms with Crippen LogP contribution in [-0.2, 0) is 22.6 Å². The first-order valence-electron chi connectivity index (χ1n) is 13.2. The second-order valence-electron chi connectivity index (χ2n) is 9.70. The number of fused-ring (bicyclic) bond motifs is 2. The minimum Gasteiger partial charge on any atom is -0.356 e. The van der Waals surface area contributed by atoms with Crippen molar-refractivity contribution in [2.24, 2.45) is 5.92 Å². The van der Waals surface area contributed by atoms with Gasteiger partial charge >= 0.3 is 11.9 Å². The van der Waals surface area contributed by atoms with Crippen LogP contribution in [0.5, 0.6) is 0 Å². The fraction of sp³-hybridized carbons (Fsp3) is 0.267. The van der Waals surface area contributed by atoms with Crippen molar-refractivity contribution >= 4 is 40.8 Å². The molecule has 3 aromatic rings. The highest BCUT2D eigenvalue weighted by Crippen LogP contribution is 2.21. The molecule has 2 aliphatic rings. The lowest BCUT2D eigenvalue weighted by atomic mass is 9.94. The minimum absolute atomic E-state index is 0.0588. The van der Waals surface area contributed by atoms with E-state index in [-0.39, 0.29) is 30.5 Å². The summed E-state index contributed by atoms with van der Waals surface area (Å²) in [4.78, 5) is 57.4. The molecular formula is C30H29ClN5O4+. The SMILES string of the molecule is O=C(CCCCN1C(=O)C2C=CC=CC2=[N+](Cc2cc(=O)n3ccccc3n2)C1=O)NCCc1ccc(Cl)cc1. The molecule has 0 radical (unpaired) electrons. The zero-order valence-electron chi connectivity index (χ0n) is 21.8. The lowest BCUT2D eigenvalue weighted by Crippen LogP contribution is -2.54. The number of aromatic nitrogens is 2. The fourth-order valence-corrected chi connectivity index (χ4v) is 4.99. The lowest BCUT2D eigenvalue weighted by molar-refractivity contribution is -0.457. The van der Waals surface area contributed by atoms with Gasteiger partial charge < -0.3 is 5.32 Å². The molecule has 10 heteroatoms. The summed E-state index contributed by atoms with van der Waals surface area (Å²) in [5, 5.41) is 3.58. The quantitative estimate of drug-likeness (QED) is 0.303. The Morgan fingerprint density at radius 2 is 1.88 bits per heavy atom. The van der Waals surface area contributed by atoms with Crippen LogP contribution in [0.2, 0.25) is 5.02 Å². The third-order valence-corrected chi connectivity index (χ3v) is 7.19. The Kier molecular flexibility index (Phi) is 8.31. The van der Waals surface area contributed by atoms with Crippen LogP contribution in [0.4, 0.5) is 4.79 Å². The van der Waals surface area contributed by atoms with Crippen LogP contribution in [-0.4, -0.2) is 55.5 Å². The number of nitrogens with one attached hydrogen (secondary N) is 1. The Bertz CT molecular complexity index is 1610. The van der Waals surface area contributed by atoms with E-state index in [2.05, 4.69) is 10.3 Å². The van der Waals surface area contributed by atoms with E-state index in [1.165, 1.54) is 19.9 Å². The molecular weight excluding hydrogens is 530 g/mol. The van der Waals surface area contributed by atoms with E-state index in [0.29, 0.717) is 54.3 Å². The first-order chi connectivity index (χ1) is 19.4. The van der Waals surface area contributed by atoms with Crippen LogP contribution < -0.4 is 10.9 Å². The van der Waals surface area contributed by atoms with Crippen LogP contribution in [0.1, 0.15) is 30.5 Å². The zero-order valence-corrected chi connectivity index (χ0v) is 22.6. The third-order valence-electron chi connectivity index (χ3n) is 6.93. The maximum atomic E-state index is 13.5. The number of rotatable bonds is 10. The Balaban J connectivity index is 1.20. The van der Waals surface area contributed by atoms with E-state index in [4.69, 9.17) is 11.6 Å². The second kappa shape index (κ2) is 12.2. The monoisotopic (exact) mass is 558 g/mol. The van der Waals surface area contributed by atoms with Gasteiger partial charge in [-0.05, 0) is 55.2 Å². The van der Waals surface area contributed by atoms with Gasteiger partial charge in [0.15, 0.2) is 0 Å². The number of allylic oxidation sites excluding steroid dienone is 3. The van der Waals surface area contributed by atoms with Crippen LogP contribution >= 0.6 is 11.6 Å². The summed E-state index contributed by atoms with van der Waals surface area (Å²) in [5.41, 5.74) is 2.31. The normalized spacial score (nSPS) is 16.5. The molecule has 1 aliphatic heterocycles. The zero-order chi connectivity index (χ0) is 28.1. The van der Waals surface area contributed by atoms with Gasteiger partial charge in [-0.1, -0.05) is 48.0 Å². The summed E-state index contributed by atoms with van der Waals surface area (Å²) in [6, 6.07) is 13.7. The number of unbranched alkanes of at least 4 members (excludes halogenated alkanes) is 1. The highest BCUT2D eigenvalue weighted by Gasteiger charge is 2.46. The van der Waals surface area contributed by atoms with Crippen molar-refractivity contribution in [3.8, 4) is 0 Å².